The summed E-state index contributed by atoms with van der Waals surface area (Å²) in [5, 5.41) is 2.72. The molecule has 6 heteroatoms. The standard InChI is InChI=1S/C15H16F3NO2/c1-2-10-8-14(5-6-21-10)11-7-9(15(16,17)18)3-4-12(11)19-13(14)20/h3-4,7,10H,2,5-6,8H2,1H3,(H,19,20). The molecular weight excluding hydrogens is 283 g/mol. The highest BCUT2D eigenvalue weighted by molar-refractivity contribution is 6.06. The fourth-order valence-electron chi connectivity index (χ4n) is 3.25. The summed E-state index contributed by atoms with van der Waals surface area (Å²) < 4.78 is 44.3. The summed E-state index contributed by atoms with van der Waals surface area (Å²) in [5.41, 5.74) is -0.638. The van der Waals surface area contributed by atoms with Crippen LogP contribution in [0.25, 0.3) is 0 Å². The van der Waals surface area contributed by atoms with Gasteiger partial charge in [-0.2, -0.15) is 13.2 Å². The summed E-state index contributed by atoms with van der Waals surface area (Å²) in [5.74, 6) is -0.210. The van der Waals surface area contributed by atoms with Crippen LogP contribution in [0.4, 0.5) is 18.9 Å². The quantitative estimate of drug-likeness (QED) is 0.862. The van der Waals surface area contributed by atoms with Gasteiger partial charge in [0, 0.05) is 12.3 Å². The Bertz CT molecular complexity index is 585. The Balaban J connectivity index is 2.07. The molecule has 2 aliphatic heterocycles. The first-order valence-electron chi connectivity index (χ1n) is 7.01. The first-order valence-corrected chi connectivity index (χ1v) is 7.01. The number of fused-ring (bicyclic) bond motifs is 2. The predicted molar refractivity (Wildman–Crippen MR) is 71.0 cm³/mol. The van der Waals surface area contributed by atoms with Gasteiger partial charge in [0.15, 0.2) is 0 Å². The van der Waals surface area contributed by atoms with Gasteiger partial charge in [0.25, 0.3) is 0 Å². The summed E-state index contributed by atoms with van der Waals surface area (Å²) in [6.45, 7) is 2.34. The molecule has 2 atom stereocenters. The lowest BCUT2D eigenvalue weighted by molar-refractivity contribution is -0.138. The van der Waals surface area contributed by atoms with E-state index in [1.807, 2.05) is 6.92 Å². The number of amides is 1. The maximum Gasteiger partial charge on any atom is 0.416 e. The zero-order valence-corrected chi connectivity index (χ0v) is 11.6. The van der Waals surface area contributed by atoms with Gasteiger partial charge >= 0.3 is 6.18 Å². The Labute approximate surface area is 120 Å². The van der Waals surface area contributed by atoms with Crippen molar-refractivity contribution in [2.45, 2.75) is 43.9 Å². The monoisotopic (exact) mass is 299 g/mol. The number of alkyl halides is 3. The largest absolute Gasteiger partial charge is 0.416 e. The van der Waals surface area contributed by atoms with E-state index in [4.69, 9.17) is 4.74 Å². The lowest BCUT2D eigenvalue weighted by Gasteiger charge is -2.36. The summed E-state index contributed by atoms with van der Waals surface area (Å²) >= 11 is 0. The third-order valence-electron chi connectivity index (χ3n) is 4.46. The number of hydrogen-bond acceptors (Lipinski definition) is 2. The molecule has 1 saturated heterocycles. The van der Waals surface area contributed by atoms with Gasteiger partial charge in [-0.3, -0.25) is 4.79 Å². The maximum atomic E-state index is 12.9. The highest BCUT2D eigenvalue weighted by atomic mass is 19.4. The third-order valence-corrected chi connectivity index (χ3v) is 4.46. The van der Waals surface area contributed by atoms with Gasteiger partial charge in [-0.05, 0) is 43.0 Å². The van der Waals surface area contributed by atoms with Crippen LogP contribution in [0.1, 0.15) is 37.3 Å². The van der Waals surface area contributed by atoms with E-state index < -0.39 is 17.2 Å². The molecule has 1 spiro atoms. The average Bonchev–Trinajstić information content (AvgIpc) is 2.70. The van der Waals surface area contributed by atoms with Crippen molar-refractivity contribution in [1.82, 2.24) is 0 Å². The van der Waals surface area contributed by atoms with Gasteiger partial charge in [-0.1, -0.05) is 6.92 Å². The van der Waals surface area contributed by atoms with Crippen LogP contribution in [0, 0.1) is 0 Å². The molecule has 0 aromatic heterocycles. The van der Waals surface area contributed by atoms with Gasteiger partial charge < -0.3 is 10.1 Å². The number of ether oxygens (including phenoxy) is 1. The molecule has 2 heterocycles. The fraction of sp³-hybridized carbons (Fsp3) is 0.533. The van der Waals surface area contributed by atoms with E-state index in [0.717, 1.165) is 18.6 Å². The Morgan fingerprint density at radius 1 is 1.43 bits per heavy atom. The molecule has 0 radical (unpaired) electrons. The maximum absolute atomic E-state index is 12.9. The molecule has 0 bridgehead atoms. The number of nitrogens with one attached hydrogen (secondary N) is 1. The zero-order chi connectivity index (χ0) is 15.3. The Morgan fingerprint density at radius 2 is 2.19 bits per heavy atom. The zero-order valence-electron chi connectivity index (χ0n) is 11.6. The number of carbonyl (C=O) groups is 1. The number of carbonyl (C=O) groups excluding carboxylic acids is 1. The second kappa shape index (κ2) is 4.73. The molecule has 3 nitrogen and oxygen atoms in total. The van der Waals surface area contributed by atoms with E-state index in [1.54, 1.807) is 0 Å². The first-order chi connectivity index (χ1) is 9.87. The molecule has 21 heavy (non-hydrogen) atoms. The average molecular weight is 299 g/mol. The van der Waals surface area contributed by atoms with Gasteiger partial charge in [0.05, 0.1) is 17.1 Å². The van der Waals surface area contributed by atoms with Crippen LogP contribution in [0.15, 0.2) is 18.2 Å². The molecule has 2 unspecified atom stereocenters. The van der Waals surface area contributed by atoms with Crippen molar-refractivity contribution >= 4 is 11.6 Å². The van der Waals surface area contributed by atoms with E-state index in [1.165, 1.54) is 6.07 Å². The van der Waals surface area contributed by atoms with Crippen LogP contribution in [0.5, 0.6) is 0 Å². The number of rotatable bonds is 1. The minimum absolute atomic E-state index is 0.0926. The molecule has 1 aromatic rings. The fourth-order valence-corrected chi connectivity index (χ4v) is 3.25. The van der Waals surface area contributed by atoms with E-state index in [0.29, 0.717) is 30.7 Å². The van der Waals surface area contributed by atoms with Crippen molar-refractivity contribution in [3.63, 3.8) is 0 Å². The highest BCUT2D eigenvalue weighted by Gasteiger charge is 2.50. The van der Waals surface area contributed by atoms with Crippen LogP contribution >= 0.6 is 0 Å². The summed E-state index contributed by atoms with van der Waals surface area (Å²) in [6.07, 6.45) is -2.90. The molecule has 1 aromatic carbocycles. The van der Waals surface area contributed by atoms with Crippen LogP contribution in [-0.4, -0.2) is 18.6 Å². The van der Waals surface area contributed by atoms with E-state index in [9.17, 15) is 18.0 Å². The number of hydrogen-bond donors (Lipinski definition) is 1. The third kappa shape index (κ3) is 2.21. The normalized spacial score (nSPS) is 28.6. The predicted octanol–water partition coefficient (Wildman–Crippen LogP) is 3.48. The minimum atomic E-state index is -4.41. The number of benzene rings is 1. The van der Waals surface area contributed by atoms with Gasteiger partial charge in [0.1, 0.15) is 0 Å². The Hall–Kier alpha value is -1.56. The summed E-state index contributed by atoms with van der Waals surface area (Å²) in [4.78, 5) is 12.4. The van der Waals surface area contributed by atoms with E-state index in [2.05, 4.69) is 5.32 Å². The summed E-state index contributed by atoms with van der Waals surface area (Å²) in [7, 11) is 0. The van der Waals surface area contributed by atoms with Gasteiger partial charge in [-0.25, -0.2) is 0 Å². The van der Waals surface area contributed by atoms with Gasteiger partial charge in [-0.15, -0.1) is 0 Å². The van der Waals surface area contributed by atoms with E-state index in [-0.39, 0.29) is 12.0 Å². The molecule has 1 amide bonds. The topological polar surface area (TPSA) is 38.3 Å². The number of anilines is 1. The summed E-state index contributed by atoms with van der Waals surface area (Å²) in [6, 6.07) is 3.47. The first kappa shape index (κ1) is 14.4. The van der Waals surface area contributed by atoms with Crippen LogP contribution in [0.2, 0.25) is 0 Å². The lowest BCUT2D eigenvalue weighted by Crippen LogP contribution is -2.43. The van der Waals surface area contributed by atoms with Crippen LogP contribution in [0.3, 0.4) is 0 Å². The van der Waals surface area contributed by atoms with Gasteiger partial charge in [0.2, 0.25) is 5.91 Å². The van der Waals surface area contributed by atoms with Crippen molar-refractivity contribution in [3.05, 3.63) is 29.3 Å². The molecule has 1 fully saturated rings. The van der Waals surface area contributed by atoms with E-state index >= 15 is 0 Å². The van der Waals surface area contributed by atoms with Crippen molar-refractivity contribution in [1.29, 1.82) is 0 Å². The van der Waals surface area contributed by atoms with Crippen LogP contribution < -0.4 is 5.32 Å². The minimum Gasteiger partial charge on any atom is -0.378 e. The molecule has 1 N–H and O–H groups in total. The van der Waals surface area contributed by atoms with Crippen molar-refractivity contribution in [2.75, 3.05) is 11.9 Å². The Kier molecular flexibility index (Phi) is 3.24. The molecule has 114 valence electrons. The van der Waals surface area contributed by atoms with Crippen molar-refractivity contribution in [2.24, 2.45) is 0 Å². The van der Waals surface area contributed by atoms with Crippen LogP contribution in [-0.2, 0) is 21.1 Å². The molecule has 3 rings (SSSR count). The van der Waals surface area contributed by atoms with Crippen molar-refractivity contribution < 1.29 is 22.7 Å². The lowest BCUT2D eigenvalue weighted by atomic mass is 9.72. The molecule has 0 aliphatic carbocycles. The molecule has 2 aliphatic rings. The second-order valence-corrected chi connectivity index (χ2v) is 5.65. The second-order valence-electron chi connectivity index (χ2n) is 5.65. The Morgan fingerprint density at radius 3 is 2.86 bits per heavy atom. The molecular formula is C15H16F3NO2. The number of halogens is 3. The smallest absolute Gasteiger partial charge is 0.378 e. The molecule has 0 saturated carbocycles. The SMILES string of the molecule is CCC1CC2(CCO1)C(=O)Nc1ccc(C(F)(F)F)cc12. The van der Waals surface area contributed by atoms with Crippen molar-refractivity contribution in [3.8, 4) is 0 Å². The highest BCUT2D eigenvalue weighted by Crippen LogP contribution is 2.48.